The van der Waals surface area contributed by atoms with Gasteiger partial charge in [-0.3, -0.25) is 0 Å². The Morgan fingerprint density at radius 2 is 1.86 bits per heavy atom. The van der Waals surface area contributed by atoms with E-state index in [2.05, 4.69) is 5.32 Å². The van der Waals surface area contributed by atoms with E-state index in [1.165, 1.54) is 0 Å². The third-order valence-corrected chi connectivity index (χ3v) is 5.95. The van der Waals surface area contributed by atoms with Gasteiger partial charge in [-0.15, -0.1) is 0 Å². The smallest absolute Gasteiger partial charge is 0.243 e. The fraction of sp³-hybridized carbons (Fsp3) is 0.625. The Balaban J connectivity index is 2.22. The molecule has 124 valence electrons. The van der Waals surface area contributed by atoms with Crippen molar-refractivity contribution in [1.29, 1.82) is 0 Å². The minimum Gasteiger partial charge on any atom is -0.396 e. The predicted molar refractivity (Wildman–Crippen MR) is 87.0 cm³/mol. The standard InChI is InChI=1S/C16H26N2O3S/c1-13(2)10-18(11-14-8-17-9-15(14)12-19)22(20,21)16-6-4-3-5-7-16/h3-7,13-15,17,19H,8-12H2,1-2H3/t14-,15+/m0/s1. The quantitative estimate of drug-likeness (QED) is 0.789. The van der Waals surface area contributed by atoms with E-state index < -0.39 is 10.0 Å². The van der Waals surface area contributed by atoms with E-state index >= 15 is 0 Å². The molecule has 1 saturated heterocycles. The Bertz CT molecular complexity index is 560. The molecule has 1 fully saturated rings. The minimum atomic E-state index is -3.49. The first-order chi connectivity index (χ1) is 10.4. The Labute approximate surface area is 133 Å². The van der Waals surface area contributed by atoms with E-state index in [0.717, 1.165) is 13.1 Å². The molecular formula is C16H26N2O3S. The molecule has 0 saturated carbocycles. The van der Waals surface area contributed by atoms with Gasteiger partial charge in [0.15, 0.2) is 0 Å². The van der Waals surface area contributed by atoms with Crippen molar-refractivity contribution in [3.05, 3.63) is 30.3 Å². The van der Waals surface area contributed by atoms with Gasteiger partial charge in [-0.2, -0.15) is 4.31 Å². The number of nitrogens with one attached hydrogen (secondary N) is 1. The van der Waals surface area contributed by atoms with E-state index in [1.807, 2.05) is 19.9 Å². The van der Waals surface area contributed by atoms with Crippen LogP contribution in [0.25, 0.3) is 0 Å². The van der Waals surface area contributed by atoms with Crippen molar-refractivity contribution in [3.8, 4) is 0 Å². The molecule has 1 aliphatic heterocycles. The summed E-state index contributed by atoms with van der Waals surface area (Å²) in [4.78, 5) is 0.335. The van der Waals surface area contributed by atoms with Crippen molar-refractivity contribution in [1.82, 2.24) is 9.62 Å². The number of rotatable bonds is 7. The first-order valence-corrected chi connectivity index (χ1v) is 9.26. The molecule has 0 unspecified atom stereocenters. The maximum absolute atomic E-state index is 12.9. The van der Waals surface area contributed by atoms with Gasteiger partial charge >= 0.3 is 0 Å². The average molecular weight is 326 g/mol. The van der Waals surface area contributed by atoms with E-state index in [0.29, 0.717) is 18.0 Å². The molecule has 5 nitrogen and oxygen atoms in total. The van der Waals surface area contributed by atoms with Crippen LogP contribution in [0.4, 0.5) is 0 Å². The molecule has 22 heavy (non-hydrogen) atoms. The molecule has 0 amide bonds. The fourth-order valence-corrected chi connectivity index (χ4v) is 4.58. The molecular weight excluding hydrogens is 300 g/mol. The van der Waals surface area contributed by atoms with Crippen LogP contribution < -0.4 is 5.32 Å². The summed E-state index contributed by atoms with van der Waals surface area (Å²) in [5.74, 6) is 0.531. The van der Waals surface area contributed by atoms with Gasteiger partial charge in [0.2, 0.25) is 10.0 Å². The lowest BCUT2D eigenvalue weighted by Gasteiger charge is -2.28. The molecule has 6 heteroatoms. The summed E-state index contributed by atoms with van der Waals surface area (Å²) >= 11 is 0. The Hall–Kier alpha value is -0.950. The highest BCUT2D eigenvalue weighted by Gasteiger charge is 2.33. The fourth-order valence-electron chi connectivity index (χ4n) is 2.90. The Kier molecular flexibility index (Phi) is 5.97. The van der Waals surface area contributed by atoms with Crippen molar-refractivity contribution in [2.45, 2.75) is 18.7 Å². The highest BCUT2D eigenvalue weighted by molar-refractivity contribution is 7.89. The number of nitrogens with zero attached hydrogens (tertiary/aromatic N) is 1. The summed E-state index contributed by atoms with van der Waals surface area (Å²) in [7, 11) is -3.49. The second-order valence-electron chi connectivity index (χ2n) is 6.39. The van der Waals surface area contributed by atoms with Crippen molar-refractivity contribution < 1.29 is 13.5 Å². The molecule has 0 bridgehead atoms. The Morgan fingerprint density at radius 3 is 2.45 bits per heavy atom. The Morgan fingerprint density at radius 1 is 1.23 bits per heavy atom. The zero-order valence-corrected chi connectivity index (χ0v) is 14.1. The molecule has 0 aliphatic carbocycles. The van der Waals surface area contributed by atoms with Gasteiger partial charge in [0.25, 0.3) is 0 Å². The lowest BCUT2D eigenvalue weighted by Crippen LogP contribution is -2.40. The van der Waals surface area contributed by atoms with Crippen LogP contribution >= 0.6 is 0 Å². The van der Waals surface area contributed by atoms with Gasteiger partial charge in [-0.1, -0.05) is 32.0 Å². The number of hydrogen-bond acceptors (Lipinski definition) is 4. The maximum Gasteiger partial charge on any atom is 0.243 e. The molecule has 2 N–H and O–H groups in total. The molecule has 2 rings (SSSR count). The zero-order chi connectivity index (χ0) is 16.2. The number of benzene rings is 1. The van der Waals surface area contributed by atoms with E-state index in [-0.39, 0.29) is 24.4 Å². The van der Waals surface area contributed by atoms with Crippen LogP contribution in [-0.4, -0.2) is 50.6 Å². The van der Waals surface area contributed by atoms with Gasteiger partial charge in [0.05, 0.1) is 4.90 Å². The molecule has 0 spiro atoms. The summed E-state index contributed by atoms with van der Waals surface area (Å²) in [6.45, 7) is 6.58. The summed E-state index contributed by atoms with van der Waals surface area (Å²) in [6, 6.07) is 8.58. The molecule has 1 heterocycles. The van der Waals surface area contributed by atoms with Crippen LogP contribution in [-0.2, 0) is 10.0 Å². The summed E-state index contributed by atoms with van der Waals surface area (Å²) in [5.41, 5.74) is 0. The first-order valence-electron chi connectivity index (χ1n) is 7.82. The summed E-state index contributed by atoms with van der Waals surface area (Å²) in [5, 5.41) is 12.7. The lowest BCUT2D eigenvalue weighted by atomic mass is 9.97. The molecule has 1 aromatic carbocycles. The van der Waals surface area contributed by atoms with Crippen LogP contribution in [0.15, 0.2) is 35.2 Å². The van der Waals surface area contributed by atoms with Crippen LogP contribution in [0.3, 0.4) is 0 Å². The number of aliphatic hydroxyl groups excluding tert-OH is 1. The highest BCUT2D eigenvalue weighted by Crippen LogP contribution is 2.23. The number of aliphatic hydroxyl groups is 1. The van der Waals surface area contributed by atoms with E-state index in [1.54, 1.807) is 28.6 Å². The SMILES string of the molecule is CC(C)CN(C[C@@H]1CNC[C@@H]1CO)S(=O)(=O)c1ccccc1. The van der Waals surface area contributed by atoms with E-state index in [4.69, 9.17) is 0 Å². The van der Waals surface area contributed by atoms with Gasteiger partial charge in [0.1, 0.15) is 0 Å². The van der Waals surface area contributed by atoms with Crippen LogP contribution in [0.1, 0.15) is 13.8 Å². The third kappa shape index (κ3) is 4.07. The van der Waals surface area contributed by atoms with Gasteiger partial charge < -0.3 is 10.4 Å². The average Bonchev–Trinajstić information content (AvgIpc) is 2.94. The molecule has 0 aromatic heterocycles. The summed E-state index contributed by atoms with van der Waals surface area (Å²) < 4.78 is 27.4. The van der Waals surface area contributed by atoms with Gasteiger partial charge in [-0.25, -0.2) is 8.42 Å². The lowest BCUT2D eigenvalue weighted by molar-refractivity contribution is 0.187. The zero-order valence-electron chi connectivity index (χ0n) is 13.3. The molecule has 2 atom stereocenters. The van der Waals surface area contributed by atoms with E-state index in [9.17, 15) is 13.5 Å². The minimum absolute atomic E-state index is 0.0958. The second-order valence-corrected chi connectivity index (χ2v) is 8.33. The highest BCUT2D eigenvalue weighted by atomic mass is 32.2. The van der Waals surface area contributed by atoms with Crippen LogP contribution in [0.2, 0.25) is 0 Å². The summed E-state index contributed by atoms with van der Waals surface area (Å²) in [6.07, 6.45) is 0. The predicted octanol–water partition coefficient (Wildman–Crippen LogP) is 1.16. The third-order valence-electron chi connectivity index (χ3n) is 4.10. The van der Waals surface area contributed by atoms with Gasteiger partial charge in [0, 0.05) is 26.2 Å². The maximum atomic E-state index is 12.9. The van der Waals surface area contributed by atoms with Crippen LogP contribution in [0.5, 0.6) is 0 Å². The number of hydrogen-bond donors (Lipinski definition) is 2. The second kappa shape index (κ2) is 7.55. The monoisotopic (exact) mass is 326 g/mol. The largest absolute Gasteiger partial charge is 0.396 e. The topological polar surface area (TPSA) is 69.6 Å². The molecule has 1 aliphatic rings. The van der Waals surface area contributed by atoms with Crippen molar-refractivity contribution in [2.24, 2.45) is 17.8 Å². The van der Waals surface area contributed by atoms with Crippen molar-refractivity contribution in [3.63, 3.8) is 0 Å². The van der Waals surface area contributed by atoms with Crippen LogP contribution in [0, 0.1) is 17.8 Å². The van der Waals surface area contributed by atoms with Crippen molar-refractivity contribution >= 4 is 10.0 Å². The molecule has 1 aromatic rings. The van der Waals surface area contributed by atoms with Gasteiger partial charge in [-0.05, 0) is 36.4 Å². The first kappa shape index (κ1) is 17.4. The number of sulfonamides is 1. The van der Waals surface area contributed by atoms with Crippen molar-refractivity contribution in [2.75, 3.05) is 32.8 Å². The normalized spacial score (nSPS) is 22.6. The molecule has 0 radical (unpaired) electrons.